The van der Waals surface area contributed by atoms with Crippen molar-refractivity contribution in [3.05, 3.63) is 41.4 Å². The molecule has 2 rings (SSSR count). The number of nitrogens with zero attached hydrogens (tertiary/aromatic N) is 3. The van der Waals surface area contributed by atoms with E-state index in [-0.39, 0.29) is 0 Å². The van der Waals surface area contributed by atoms with Crippen molar-refractivity contribution in [1.82, 2.24) is 15.0 Å². The molecule has 70 valence electrons. The van der Waals surface area contributed by atoms with Crippen LogP contribution in [0.15, 0.2) is 30.9 Å². The van der Waals surface area contributed by atoms with Crippen LogP contribution in [0.25, 0.3) is 11.4 Å². The van der Waals surface area contributed by atoms with Gasteiger partial charge in [-0.25, -0.2) is 15.0 Å². The van der Waals surface area contributed by atoms with Crippen LogP contribution in [0.5, 0.6) is 0 Å². The first kappa shape index (κ1) is 9.09. The lowest BCUT2D eigenvalue weighted by molar-refractivity contribution is 1.05. The van der Waals surface area contributed by atoms with Crippen molar-refractivity contribution >= 4 is 11.6 Å². The second-order valence-electron chi connectivity index (χ2n) is 2.92. The Morgan fingerprint density at radius 3 is 2.57 bits per heavy atom. The lowest BCUT2D eigenvalue weighted by atomic mass is 10.1. The van der Waals surface area contributed by atoms with Crippen LogP contribution >= 0.6 is 11.6 Å². The Bertz CT molecular complexity index is 442. The lowest BCUT2D eigenvalue weighted by Gasteiger charge is -2.03. The van der Waals surface area contributed by atoms with Gasteiger partial charge in [0.2, 0.25) is 0 Å². The van der Waals surface area contributed by atoms with Gasteiger partial charge >= 0.3 is 0 Å². The Hall–Kier alpha value is -1.48. The predicted octanol–water partition coefficient (Wildman–Crippen LogP) is 2.50. The molecule has 0 spiro atoms. The fraction of sp³-hybridized carbons (Fsp3) is 0.100. The second kappa shape index (κ2) is 3.72. The molecular weight excluding hydrogens is 198 g/mol. The first-order valence-corrected chi connectivity index (χ1v) is 4.53. The van der Waals surface area contributed by atoms with Crippen LogP contribution < -0.4 is 0 Å². The maximum Gasteiger partial charge on any atom is 0.162 e. The fourth-order valence-corrected chi connectivity index (χ4v) is 1.39. The Morgan fingerprint density at radius 2 is 1.86 bits per heavy atom. The SMILES string of the molecule is Cc1ccc(Cl)cc1-c1ncncn1. The molecule has 1 aromatic heterocycles. The molecule has 14 heavy (non-hydrogen) atoms. The molecule has 0 atom stereocenters. The third kappa shape index (κ3) is 1.72. The van der Waals surface area contributed by atoms with Crippen molar-refractivity contribution in [3.63, 3.8) is 0 Å². The van der Waals surface area contributed by atoms with Gasteiger partial charge in [-0.2, -0.15) is 0 Å². The van der Waals surface area contributed by atoms with Gasteiger partial charge in [-0.05, 0) is 24.6 Å². The zero-order valence-electron chi connectivity index (χ0n) is 7.61. The minimum absolute atomic E-state index is 0.653. The normalized spacial score (nSPS) is 10.1. The van der Waals surface area contributed by atoms with Gasteiger partial charge in [0.05, 0.1) is 0 Å². The van der Waals surface area contributed by atoms with Crippen LogP contribution in [0.4, 0.5) is 0 Å². The minimum Gasteiger partial charge on any atom is -0.225 e. The fourth-order valence-electron chi connectivity index (χ4n) is 1.21. The maximum atomic E-state index is 5.90. The third-order valence-corrected chi connectivity index (χ3v) is 2.17. The summed E-state index contributed by atoms with van der Waals surface area (Å²) in [5.41, 5.74) is 2.04. The van der Waals surface area contributed by atoms with Gasteiger partial charge in [-0.3, -0.25) is 0 Å². The lowest BCUT2D eigenvalue weighted by Crippen LogP contribution is -1.91. The zero-order chi connectivity index (χ0) is 9.97. The molecule has 2 aromatic rings. The molecule has 0 amide bonds. The summed E-state index contributed by atoms with van der Waals surface area (Å²) in [6.45, 7) is 2.00. The van der Waals surface area contributed by atoms with E-state index in [1.165, 1.54) is 12.7 Å². The minimum atomic E-state index is 0.653. The number of aromatic nitrogens is 3. The molecule has 0 saturated heterocycles. The van der Waals surface area contributed by atoms with Crippen LogP contribution in [0.1, 0.15) is 5.56 Å². The second-order valence-corrected chi connectivity index (χ2v) is 3.36. The standard InChI is InChI=1S/C10H8ClN3/c1-7-2-3-8(11)4-9(7)10-13-5-12-6-14-10/h2-6H,1H3. The van der Waals surface area contributed by atoms with Gasteiger partial charge in [0.15, 0.2) is 5.82 Å². The van der Waals surface area contributed by atoms with Crippen LogP contribution in [0.3, 0.4) is 0 Å². The quantitative estimate of drug-likeness (QED) is 0.718. The van der Waals surface area contributed by atoms with E-state index in [0.29, 0.717) is 10.8 Å². The van der Waals surface area contributed by atoms with E-state index >= 15 is 0 Å². The van der Waals surface area contributed by atoms with E-state index < -0.39 is 0 Å². The first-order chi connectivity index (χ1) is 6.77. The predicted molar refractivity (Wildman–Crippen MR) is 55.0 cm³/mol. The smallest absolute Gasteiger partial charge is 0.162 e. The van der Waals surface area contributed by atoms with Crippen LogP contribution in [0, 0.1) is 6.92 Å². The summed E-state index contributed by atoms with van der Waals surface area (Å²) in [6, 6.07) is 5.65. The Kier molecular flexibility index (Phi) is 2.41. The zero-order valence-corrected chi connectivity index (χ0v) is 8.36. The summed E-state index contributed by atoms with van der Waals surface area (Å²) in [5.74, 6) is 0.653. The highest BCUT2D eigenvalue weighted by Gasteiger charge is 2.04. The Morgan fingerprint density at radius 1 is 1.14 bits per heavy atom. The van der Waals surface area contributed by atoms with Crippen molar-refractivity contribution in [2.75, 3.05) is 0 Å². The molecule has 3 nitrogen and oxygen atoms in total. The number of aryl methyl sites for hydroxylation is 1. The van der Waals surface area contributed by atoms with Gasteiger partial charge in [0.1, 0.15) is 12.7 Å². The molecular formula is C10H8ClN3. The maximum absolute atomic E-state index is 5.90. The molecule has 0 N–H and O–H groups in total. The van der Waals surface area contributed by atoms with E-state index in [9.17, 15) is 0 Å². The summed E-state index contributed by atoms with van der Waals surface area (Å²) in [5, 5.41) is 0.686. The summed E-state index contributed by atoms with van der Waals surface area (Å²) in [4.78, 5) is 11.9. The molecule has 0 aliphatic rings. The molecule has 1 aromatic carbocycles. The van der Waals surface area contributed by atoms with Gasteiger partial charge in [-0.15, -0.1) is 0 Å². The molecule has 0 radical (unpaired) electrons. The van der Waals surface area contributed by atoms with Gasteiger partial charge in [0, 0.05) is 10.6 Å². The number of halogens is 1. The van der Waals surface area contributed by atoms with Crippen LogP contribution in [0.2, 0.25) is 5.02 Å². The van der Waals surface area contributed by atoms with Gasteiger partial charge < -0.3 is 0 Å². The van der Waals surface area contributed by atoms with Crippen molar-refractivity contribution in [2.45, 2.75) is 6.92 Å². The molecule has 0 aliphatic carbocycles. The van der Waals surface area contributed by atoms with Crippen molar-refractivity contribution in [1.29, 1.82) is 0 Å². The van der Waals surface area contributed by atoms with E-state index in [2.05, 4.69) is 15.0 Å². The topological polar surface area (TPSA) is 38.7 Å². The third-order valence-electron chi connectivity index (χ3n) is 1.93. The number of rotatable bonds is 1. The molecule has 4 heteroatoms. The highest BCUT2D eigenvalue weighted by Crippen LogP contribution is 2.22. The Labute approximate surface area is 86.8 Å². The average Bonchev–Trinajstić information content (AvgIpc) is 2.23. The van der Waals surface area contributed by atoms with Crippen molar-refractivity contribution in [3.8, 4) is 11.4 Å². The molecule has 0 fully saturated rings. The molecule has 0 saturated carbocycles. The number of hydrogen-bond acceptors (Lipinski definition) is 3. The monoisotopic (exact) mass is 205 g/mol. The molecule has 0 unspecified atom stereocenters. The van der Waals surface area contributed by atoms with Crippen LogP contribution in [-0.2, 0) is 0 Å². The van der Waals surface area contributed by atoms with Crippen molar-refractivity contribution < 1.29 is 0 Å². The van der Waals surface area contributed by atoms with E-state index in [0.717, 1.165) is 11.1 Å². The summed E-state index contributed by atoms with van der Waals surface area (Å²) in [7, 11) is 0. The highest BCUT2D eigenvalue weighted by molar-refractivity contribution is 6.30. The Balaban J connectivity index is 2.57. The van der Waals surface area contributed by atoms with E-state index in [1.807, 2.05) is 25.1 Å². The molecule has 0 aliphatic heterocycles. The largest absolute Gasteiger partial charge is 0.225 e. The van der Waals surface area contributed by atoms with Crippen molar-refractivity contribution in [2.24, 2.45) is 0 Å². The summed E-state index contributed by atoms with van der Waals surface area (Å²) < 4.78 is 0. The van der Waals surface area contributed by atoms with Crippen LogP contribution in [-0.4, -0.2) is 15.0 Å². The van der Waals surface area contributed by atoms with Gasteiger partial charge in [-0.1, -0.05) is 17.7 Å². The summed E-state index contributed by atoms with van der Waals surface area (Å²) in [6.07, 6.45) is 2.95. The molecule has 1 heterocycles. The highest BCUT2D eigenvalue weighted by atomic mass is 35.5. The van der Waals surface area contributed by atoms with E-state index in [4.69, 9.17) is 11.6 Å². The van der Waals surface area contributed by atoms with Gasteiger partial charge in [0.25, 0.3) is 0 Å². The average molecular weight is 206 g/mol. The molecule has 0 bridgehead atoms. The number of hydrogen-bond donors (Lipinski definition) is 0. The van der Waals surface area contributed by atoms with E-state index in [1.54, 1.807) is 0 Å². The number of benzene rings is 1. The summed E-state index contributed by atoms with van der Waals surface area (Å²) >= 11 is 5.90. The first-order valence-electron chi connectivity index (χ1n) is 4.16.